The predicted molar refractivity (Wildman–Crippen MR) is 70.9 cm³/mol. The van der Waals surface area contributed by atoms with E-state index in [4.69, 9.17) is 5.26 Å². The molecule has 0 bridgehead atoms. The molecule has 0 fully saturated rings. The number of hydrogen-bond acceptors (Lipinski definition) is 6. The fraction of sp³-hybridized carbons (Fsp3) is 0.250. The van der Waals surface area contributed by atoms with Crippen molar-refractivity contribution in [1.29, 1.82) is 5.26 Å². The van der Waals surface area contributed by atoms with Crippen molar-refractivity contribution in [2.24, 2.45) is 0 Å². The Bertz CT molecular complexity index is 632. The SMILES string of the molecule is N#Cc1nc(NCCCn2ccnc2)ccc1[N+](=O)[O-]. The lowest BCUT2D eigenvalue weighted by atomic mass is 10.3. The number of aromatic nitrogens is 3. The molecule has 2 aromatic rings. The number of hydrogen-bond donors (Lipinski definition) is 1. The Kier molecular flexibility index (Phi) is 4.24. The molecule has 2 rings (SSSR count). The van der Waals surface area contributed by atoms with Gasteiger partial charge in [0, 0.05) is 31.5 Å². The van der Waals surface area contributed by atoms with Gasteiger partial charge in [-0.15, -0.1) is 0 Å². The summed E-state index contributed by atoms with van der Waals surface area (Å²) in [6, 6.07) is 4.50. The maximum Gasteiger partial charge on any atom is 0.305 e. The molecular weight excluding hydrogens is 260 g/mol. The normalized spacial score (nSPS) is 9.95. The minimum Gasteiger partial charge on any atom is -0.370 e. The van der Waals surface area contributed by atoms with Crippen molar-refractivity contribution in [3.63, 3.8) is 0 Å². The first kappa shape index (κ1) is 13.5. The molecule has 0 aliphatic heterocycles. The zero-order valence-corrected chi connectivity index (χ0v) is 10.6. The number of pyridine rings is 1. The average molecular weight is 272 g/mol. The van der Waals surface area contributed by atoms with Gasteiger partial charge in [0.1, 0.15) is 11.9 Å². The lowest BCUT2D eigenvalue weighted by Gasteiger charge is -2.06. The van der Waals surface area contributed by atoms with E-state index in [1.807, 2.05) is 10.8 Å². The number of anilines is 1. The van der Waals surface area contributed by atoms with E-state index in [9.17, 15) is 10.1 Å². The van der Waals surface area contributed by atoms with E-state index < -0.39 is 4.92 Å². The molecule has 0 aromatic carbocycles. The number of nitriles is 1. The molecule has 0 amide bonds. The molecule has 0 aliphatic carbocycles. The van der Waals surface area contributed by atoms with Crippen LogP contribution in [0.15, 0.2) is 30.9 Å². The Hall–Kier alpha value is -2.95. The summed E-state index contributed by atoms with van der Waals surface area (Å²) in [5, 5.41) is 22.5. The zero-order chi connectivity index (χ0) is 14.4. The average Bonchev–Trinajstić information content (AvgIpc) is 2.96. The van der Waals surface area contributed by atoms with Gasteiger partial charge in [-0.1, -0.05) is 0 Å². The highest BCUT2D eigenvalue weighted by Crippen LogP contribution is 2.17. The maximum absolute atomic E-state index is 10.7. The third kappa shape index (κ3) is 3.29. The van der Waals surface area contributed by atoms with Crippen molar-refractivity contribution < 1.29 is 4.92 Å². The monoisotopic (exact) mass is 272 g/mol. The van der Waals surface area contributed by atoms with Gasteiger partial charge in [-0.25, -0.2) is 9.97 Å². The highest BCUT2D eigenvalue weighted by atomic mass is 16.6. The van der Waals surface area contributed by atoms with E-state index >= 15 is 0 Å². The molecule has 0 saturated heterocycles. The first-order valence-electron chi connectivity index (χ1n) is 5.96. The Balaban J connectivity index is 1.90. The summed E-state index contributed by atoms with van der Waals surface area (Å²) in [5.41, 5.74) is -0.467. The molecule has 1 N–H and O–H groups in total. The number of nitrogens with one attached hydrogen (secondary N) is 1. The van der Waals surface area contributed by atoms with Gasteiger partial charge >= 0.3 is 5.69 Å². The van der Waals surface area contributed by atoms with Crippen LogP contribution in [-0.4, -0.2) is 26.0 Å². The lowest BCUT2D eigenvalue weighted by Crippen LogP contribution is -2.08. The minimum absolute atomic E-state index is 0.186. The summed E-state index contributed by atoms with van der Waals surface area (Å²) in [7, 11) is 0. The van der Waals surface area contributed by atoms with E-state index in [2.05, 4.69) is 15.3 Å². The van der Waals surface area contributed by atoms with Crippen LogP contribution in [0.3, 0.4) is 0 Å². The van der Waals surface area contributed by atoms with Crippen LogP contribution >= 0.6 is 0 Å². The van der Waals surface area contributed by atoms with Crippen LogP contribution in [0.5, 0.6) is 0 Å². The molecule has 0 saturated carbocycles. The number of aryl methyl sites for hydroxylation is 1. The third-order valence-electron chi connectivity index (χ3n) is 2.63. The van der Waals surface area contributed by atoms with E-state index in [0.717, 1.165) is 13.0 Å². The molecule has 0 atom stereocenters. The largest absolute Gasteiger partial charge is 0.370 e. The molecule has 20 heavy (non-hydrogen) atoms. The standard InChI is InChI=1S/C12H12N6O2/c13-8-10-11(18(19)20)2-3-12(16-10)15-4-1-6-17-7-5-14-9-17/h2-3,5,7,9H,1,4,6H2,(H,15,16). The summed E-state index contributed by atoms with van der Waals surface area (Å²) in [5.74, 6) is 0.456. The van der Waals surface area contributed by atoms with Crippen molar-refractivity contribution >= 4 is 11.5 Å². The molecule has 2 aromatic heterocycles. The van der Waals surface area contributed by atoms with Crippen molar-refractivity contribution in [3.8, 4) is 6.07 Å². The smallest absolute Gasteiger partial charge is 0.305 e. The van der Waals surface area contributed by atoms with Crippen LogP contribution in [0.25, 0.3) is 0 Å². The van der Waals surface area contributed by atoms with Crippen LogP contribution in [0.1, 0.15) is 12.1 Å². The second-order valence-electron chi connectivity index (χ2n) is 4.01. The van der Waals surface area contributed by atoms with E-state index in [-0.39, 0.29) is 11.4 Å². The highest BCUT2D eigenvalue weighted by Gasteiger charge is 2.15. The van der Waals surface area contributed by atoms with Crippen LogP contribution in [0, 0.1) is 21.4 Å². The van der Waals surface area contributed by atoms with Gasteiger partial charge in [0.25, 0.3) is 0 Å². The zero-order valence-electron chi connectivity index (χ0n) is 10.6. The Morgan fingerprint density at radius 2 is 2.35 bits per heavy atom. The fourth-order valence-corrected chi connectivity index (χ4v) is 1.68. The van der Waals surface area contributed by atoms with Gasteiger partial charge in [0.15, 0.2) is 0 Å². The van der Waals surface area contributed by atoms with E-state index in [0.29, 0.717) is 12.4 Å². The quantitative estimate of drug-likeness (QED) is 0.485. The Labute approximate surface area is 114 Å². The third-order valence-corrected chi connectivity index (χ3v) is 2.63. The minimum atomic E-state index is -0.617. The molecule has 0 unspecified atom stereocenters. The second-order valence-corrected chi connectivity index (χ2v) is 4.01. The van der Waals surface area contributed by atoms with Gasteiger partial charge in [-0.3, -0.25) is 10.1 Å². The van der Waals surface area contributed by atoms with Crippen molar-refractivity contribution in [2.75, 3.05) is 11.9 Å². The molecule has 0 aliphatic rings. The predicted octanol–water partition coefficient (Wildman–Crippen LogP) is 1.56. The van der Waals surface area contributed by atoms with Crippen molar-refractivity contribution in [3.05, 3.63) is 46.7 Å². The van der Waals surface area contributed by atoms with Gasteiger partial charge in [-0.2, -0.15) is 5.26 Å². The number of rotatable bonds is 6. The topological polar surface area (TPSA) is 110 Å². The number of imidazole rings is 1. The van der Waals surface area contributed by atoms with Gasteiger partial charge in [-0.05, 0) is 12.5 Å². The first-order valence-corrected chi connectivity index (χ1v) is 5.96. The van der Waals surface area contributed by atoms with Gasteiger partial charge < -0.3 is 9.88 Å². The van der Waals surface area contributed by atoms with Crippen LogP contribution in [0.4, 0.5) is 11.5 Å². The van der Waals surface area contributed by atoms with Gasteiger partial charge in [0.2, 0.25) is 5.69 Å². The van der Waals surface area contributed by atoms with Crippen LogP contribution in [0.2, 0.25) is 0 Å². The van der Waals surface area contributed by atoms with Crippen LogP contribution < -0.4 is 5.32 Å². The van der Waals surface area contributed by atoms with E-state index in [1.54, 1.807) is 18.6 Å². The molecule has 0 spiro atoms. The Morgan fingerprint density at radius 1 is 1.50 bits per heavy atom. The molecule has 102 valence electrons. The number of nitrogens with zero attached hydrogens (tertiary/aromatic N) is 5. The van der Waals surface area contributed by atoms with Crippen molar-refractivity contribution in [1.82, 2.24) is 14.5 Å². The molecular formula is C12H12N6O2. The van der Waals surface area contributed by atoms with Crippen LogP contribution in [-0.2, 0) is 6.54 Å². The highest BCUT2D eigenvalue weighted by molar-refractivity contribution is 5.50. The summed E-state index contributed by atoms with van der Waals surface area (Å²) >= 11 is 0. The molecule has 2 heterocycles. The maximum atomic E-state index is 10.7. The summed E-state index contributed by atoms with van der Waals surface area (Å²) in [6.45, 7) is 1.46. The summed E-state index contributed by atoms with van der Waals surface area (Å²) in [4.78, 5) is 17.9. The second kappa shape index (κ2) is 6.29. The number of nitro groups is 1. The fourth-order valence-electron chi connectivity index (χ4n) is 1.68. The Morgan fingerprint density at radius 3 is 3.00 bits per heavy atom. The van der Waals surface area contributed by atoms with E-state index in [1.165, 1.54) is 12.1 Å². The summed E-state index contributed by atoms with van der Waals surface area (Å²) < 4.78 is 1.95. The van der Waals surface area contributed by atoms with Crippen molar-refractivity contribution in [2.45, 2.75) is 13.0 Å². The van der Waals surface area contributed by atoms with Gasteiger partial charge in [0.05, 0.1) is 11.3 Å². The molecule has 0 radical (unpaired) electrons. The molecule has 8 heteroatoms. The molecule has 8 nitrogen and oxygen atoms in total. The first-order chi connectivity index (χ1) is 9.70. The lowest BCUT2D eigenvalue weighted by molar-refractivity contribution is -0.385. The summed E-state index contributed by atoms with van der Waals surface area (Å²) in [6.07, 6.45) is 6.16.